The first kappa shape index (κ1) is 8.55. The number of rotatable bonds is 2. The molecule has 14 heavy (non-hydrogen) atoms. The summed E-state index contributed by atoms with van der Waals surface area (Å²) in [6.07, 6.45) is 4.68. The summed E-state index contributed by atoms with van der Waals surface area (Å²) < 4.78 is 0. The minimum Gasteiger partial charge on any atom is -0.293 e. The highest BCUT2D eigenvalue weighted by molar-refractivity contribution is 5.95. The second-order valence-electron chi connectivity index (χ2n) is 2.75. The molecule has 5 nitrogen and oxygen atoms in total. The summed E-state index contributed by atoms with van der Waals surface area (Å²) in [5.41, 5.74) is 0.980. The van der Waals surface area contributed by atoms with Gasteiger partial charge in [-0.3, -0.25) is 9.78 Å². The van der Waals surface area contributed by atoms with E-state index in [2.05, 4.69) is 15.2 Å². The second-order valence-corrected chi connectivity index (χ2v) is 2.75. The maximum atomic E-state index is 11.2. The van der Waals surface area contributed by atoms with Crippen LogP contribution in [0.3, 0.4) is 0 Å². The molecule has 0 unspecified atom stereocenters. The third kappa shape index (κ3) is 1.39. The molecule has 0 saturated heterocycles. The predicted octanol–water partition coefficient (Wildman–Crippen LogP) is 0.865. The number of hydrogen-bond donors (Lipinski definition) is 0. The Morgan fingerprint density at radius 3 is 2.64 bits per heavy atom. The van der Waals surface area contributed by atoms with Crippen LogP contribution in [0.2, 0.25) is 0 Å². The monoisotopic (exact) mass is 188 g/mol. The van der Waals surface area contributed by atoms with E-state index in [0.717, 1.165) is 0 Å². The Kier molecular flexibility index (Phi) is 2.06. The highest BCUT2D eigenvalue weighted by Crippen LogP contribution is 2.09. The number of aromatic nitrogens is 4. The van der Waals surface area contributed by atoms with E-state index < -0.39 is 0 Å². The summed E-state index contributed by atoms with van der Waals surface area (Å²) in [7, 11) is 0. The van der Waals surface area contributed by atoms with Crippen molar-refractivity contribution < 1.29 is 4.79 Å². The lowest BCUT2D eigenvalue weighted by atomic mass is 10.2. The van der Waals surface area contributed by atoms with Crippen molar-refractivity contribution in [2.75, 3.05) is 0 Å². The molecule has 2 rings (SSSR count). The lowest BCUT2D eigenvalue weighted by Gasteiger charge is -2.02. The molecule has 2 heterocycles. The number of carbonyl (C=O) groups is 1. The first-order chi connectivity index (χ1) is 6.79. The summed E-state index contributed by atoms with van der Waals surface area (Å²) in [6.45, 7) is 1.47. The van der Waals surface area contributed by atoms with Gasteiger partial charge in [-0.1, -0.05) is 0 Å². The highest BCUT2D eigenvalue weighted by atomic mass is 16.1. The van der Waals surface area contributed by atoms with Crippen LogP contribution in [-0.4, -0.2) is 25.8 Å². The molecular weight excluding hydrogens is 180 g/mol. The summed E-state index contributed by atoms with van der Waals surface area (Å²) in [4.78, 5) is 16.6. The van der Waals surface area contributed by atoms with Crippen LogP contribution in [0.1, 0.15) is 17.4 Å². The van der Waals surface area contributed by atoms with Gasteiger partial charge in [0, 0.05) is 13.1 Å². The fourth-order valence-electron chi connectivity index (χ4n) is 1.17. The van der Waals surface area contributed by atoms with E-state index >= 15 is 0 Å². The number of nitrogens with zero attached hydrogens (tertiary/aromatic N) is 4. The molecule has 0 fully saturated rings. The fourth-order valence-corrected chi connectivity index (χ4v) is 1.17. The number of ketones is 1. The van der Waals surface area contributed by atoms with Crippen molar-refractivity contribution in [3.63, 3.8) is 0 Å². The molecule has 2 aromatic heterocycles. The summed E-state index contributed by atoms with van der Waals surface area (Å²) in [5.74, 6) is -0.0992. The quantitative estimate of drug-likeness (QED) is 0.656. The molecule has 0 aliphatic heterocycles. The molecule has 0 aliphatic rings. The Morgan fingerprint density at radius 1 is 1.29 bits per heavy atom. The molecule has 0 aromatic carbocycles. The SMILES string of the molecule is CC(=O)c1ncccc1-n1nccn1. The van der Waals surface area contributed by atoms with Gasteiger partial charge in [0.1, 0.15) is 11.4 Å². The van der Waals surface area contributed by atoms with Crippen LogP contribution < -0.4 is 0 Å². The van der Waals surface area contributed by atoms with Crippen LogP contribution in [0, 0.1) is 0 Å². The topological polar surface area (TPSA) is 60.7 Å². The number of carbonyl (C=O) groups excluding carboxylic acids is 1. The zero-order chi connectivity index (χ0) is 9.97. The first-order valence-corrected chi connectivity index (χ1v) is 4.11. The Morgan fingerprint density at radius 2 is 2.00 bits per heavy atom. The molecular formula is C9H8N4O. The van der Waals surface area contributed by atoms with Gasteiger partial charge in [-0.15, -0.1) is 4.80 Å². The Balaban J connectivity index is 2.58. The molecule has 0 aliphatic carbocycles. The van der Waals surface area contributed by atoms with Crippen LogP contribution in [0.25, 0.3) is 5.69 Å². The van der Waals surface area contributed by atoms with Gasteiger partial charge in [-0.25, -0.2) is 0 Å². The second kappa shape index (κ2) is 3.37. The molecule has 0 atom stereocenters. The zero-order valence-corrected chi connectivity index (χ0v) is 7.58. The van der Waals surface area contributed by atoms with Crippen molar-refractivity contribution in [2.45, 2.75) is 6.92 Å². The average Bonchev–Trinajstić information content (AvgIpc) is 2.70. The Bertz CT molecular complexity index is 450. The summed E-state index contributed by atoms with van der Waals surface area (Å²) in [5, 5.41) is 7.89. The van der Waals surface area contributed by atoms with E-state index in [1.165, 1.54) is 11.7 Å². The van der Waals surface area contributed by atoms with E-state index in [-0.39, 0.29) is 5.78 Å². The highest BCUT2D eigenvalue weighted by Gasteiger charge is 2.10. The number of pyridine rings is 1. The van der Waals surface area contributed by atoms with Gasteiger partial charge in [-0.2, -0.15) is 10.2 Å². The Labute approximate surface area is 80.4 Å². The van der Waals surface area contributed by atoms with Gasteiger partial charge in [-0.05, 0) is 12.1 Å². The van der Waals surface area contributed by atoms with Gasteiger partial charge in [0.2, 0.25) is 0 Å². The van der Waals surface area contributed by atoms with Crippen LogP contribution >= 0.6 is 0 Å². The van der Waals surface area contributed by atoms with Crippen molar-refractivity contribution >= 4 is 5.78 Å². The molecule has 0 amide bonds. The van der Waals surface area contributed by atoms with Crippen molar-refractivity contribution in [2.24, 2.45) is 0 Å². The van der Waals surface area contributed by atoms with Gasteiger partial charge < -0.3 is 0 Å². The predicted molar refractivity (Wildman–Crippen MR) is 49.2 cm³/mol. The van der Waals surface area contributed by atoms with Crippen LogP contribution in [-0.2, 0) is 0 Å². The molecule has 0 N–H and O–H groups in total. The molecule has 0 bridgehead atoms. The minimum absolute atomic E-state index is 0.0992. The van der Waals surface area contributed by atoms with E-state index in [1.54, 1.807) is 30.7 Å². The molecule has 0 radical (unpaired) electrons. The van der Waals surface area contributed by atoms with Crippen molar-refractivity contribution in [3.8, 4) is 5.69 Å². The van der Waals surface area contributed by atoms with E-state index in [4.69, 9.17) is 0 Å². The summed E-state index contributed by atoms with van der Waals surface area (Å²) >= 11 is 0. The standard InChI is InChI=1S/C9H8N4O/c1-7(14)9-8(3-2-4-10-9)13-11-5-6-12-13/h2-6H,1H3. The third-order valence-electron chi connectivity index (χ3n) is 1.75. The molecule has 5 heteroatoms. The van der Waals surface area contributed by atoms with Gasteiger partial charge in [0.15, 0.2) is 5.78 Å². The van der Waals surface area contributed by atoms with E-state index in [0.29, 0.717) is 11.4 Å². The molecule has 70 valence electrons. The minimum atomic E-state index is -0.0992. The molecule has 0 spiro atoms. The fraction of sp³-hybridized carbons (Fsp3) is 0.111. The maximum Gasteiger partial charge on any atom is 0.180 e. The van der Waals surface area contributed by atoms with Crippen molar-refractivity contribution in [1.29, 1.82) is 0 Å². The number of hydrogen-bond acceptors (Lipinski definition) is 4. The Hall–Kier alpha value is -2.04. The van der Waals surface area contributed by atoms with Crippen LogP contribution in [0.4, 0.5) is 0 Å². The zero-order valence-electron chi connectivity index (χ0n) is 7.58. The van der Waals surface area contributed by atoms with Crippen LogP contribution in [0.5, 0.6) is 0 Å². The molecule has 2 aromatic rings. The normalized spacial score (nSPS) is 10.1. The molecule has 0 saturated carbocycles. The average molecular weight is 188 g/mol. The largest absolute Gasteiger partial charge is 0.293 e. The van der Waals surface area contributed by atoms with Crippen molar-refractivity contribution in [3.05, 3.63) is 36.4 Å². The smallest absolute Gasteiger partial charge is 0.180 e. The lowest BCUT2D eigenvalue weighted by molar-refractivity contribution is 0.101. The van der Waals surface area contributed by atoms with Gasteiger partial charge in [0.05, 0.1) is 12.4 Å². The van der Waals surface area contributed by atoms with E-state index in [1.807, 2.05) is 0 Å². The van der Waals surface area contributed by atoms with Gasteiger partial charge in [0.25, 0.3) is 0 Å². The summed E-state index contributed by atoms with van der Waals surface area (Å²) in [6, 6.07) is 3.49. The van der Waals surface area contributed by atoms with Crippen LogP contribution in [0.15, 0.2) is 30.7 Å². The maximum absolute atomic E-state index is 11.2. The number of Topliss-reactive ketones (excluding diaryl/α,β-unsaturated/α-hetero) is 1. The lowest BCUT2D eigenvalue weighted by Crippen LogP contribution is -2.07. The van der Waals surface area contributed by atoms with E-state index in [9.17, 15) is 4.79 Å². The third-order valence-corrected chi connectivity index (χ3v) is 1.75. The van der Waals surface area contributed by atoms with Gasteiger partial charge >= 0.3 is 0 Å². The first-order valence-electron chi connectivity index (χ1n) is 4.11. The van der Waals surface area contributed by atoms with Crippen molar-refractivity contribution in [1.82, 2.24) is 20.0 Å².